The molecule has 3 fully saturated rings. The summed E-state index contributed by atoms with van der Waals surface area (Å²) in [5.74, 6) is -0.0515. The largest absolute Gasteiger partial charge is 0.494 e. The Bertz CT molecular complexity index is 737. The molecule has 3 aliphatic heterocycles. The van der Waals surface area contributed by atoms with Crippen LogP contribution in [0.3, 0.4) is 0 Å². The number of esters is 2. The highest BCUT2D eigenvalue weighted by Gasteiger charge is 2.60. The van der Waals surface area contributed by atoms with Crippen LogP contribution >= 0.6 is 0 Å². The molecule has 6 unspecified atom stereocenters. The fourth-order valence-electron chi connectivity index (χ4n) is 5.63. The molecular formula is C22H28O8. The first-order valence-corrected chi connectivity index (χ1v) is 10.7. The van der Waals surface area contributed by atoms with E-state index in [0.29, 0.717) is 39.3 Å². The van der Waals surface area contributed by atoms with Crippen LogP contribution in [0.25, 0.3) is 0 Å². The van der Waals surface area contributed by atoms with Gasteiger partial charge in [-0.25, -0.2) is 0 Å². The number of rotatable bonds is 0. The molecule has 0 bridgehead atoms. The van der Waals surface area contributed by atoms with Crippen molar-refractivity contribution >= 4 is 11.9 Å². The van der Waals surface area contributed by atoms with Crippen LogP contribution in [0.1, 0.15) is 26.7 Å². The summed E-state index contributed by atoms with van der Waals surface area (Å²) in [6.07, 6.45) is 4.96. The van der Waals surface area contributed by atoms with Crippen molar-refractivity contribution in [3.8, 4) is 0 Å². The Morgan fingerprint density at radius 3 is 1.53 bits per heavy atom. The van der Waals surface area contributed by atoms with Crippen molar-refractivity contribution in [2.75, 3.05) is 39.6 Å². The molecule has 30 heavy (non-hydrogen) atoms. The molecule has 5 aliphatic rings. The minimum Gasteiger partial charge on any atom is -0.494 e. The number of hydrogen-bond acceptors (Lipinski definition) is 8. The van der Waals surface area contributed by atoms with Crippen LogP contribution in [0.4, 0.5) is 0 Å². The summed E-state index contributed by atoms with van der Waals surface area (Å²) in [6.45, 7) is 5.69. The molecule has 1 saturated heterocycles. The number of carbonyl (C=O) groups is 2. The van der Waals surface area contributed by atoms with E-state index in [4.69, 9.17) is 28.4 Å². The molecule has 5 rings (SSSR count). The van der Waals surface area contributed by atoms with Gasteiger partial charge in [0.05, 0.1) is 48.1 Å². The van der Waals surface area contributed by atoms with E-state index in [-0.39, 0.29) is 48.8 Å². The van der Waals surface area contributed by atoms with Gasteiger partial charge in [-0.15, -0.1) is 0 Å². The molecule has 3 heterocycles. The molecular weight excluding hydrogens is 392 g/mol. The summed E-state index contributed by atoms with van der Waals surface area (Å²) in [6, 6.07) is 0. The Morgan fingerprint density at radius 1 is 0.700 bits per heavy atom. The molecule has 2 saturated carbocycles. The molecule has 8 heteroatoms. The summed E-state index contributed by atoms with van der Waals surface area (Å²) in [5, 5.41) is 0. The third-order valence-electron chi connectivity index (χ3n) is 7.18. The molecule has 6 atom stereocenters. The number of ether oxygens (including phenoxy) is 6. The van der Waals surface area contributed by atoms with E-state index < -0.39 is 11.2 Å². The zero-order valence-electron chi connectivity index (χ0n) is 17.4. The molecule has 164 valence electrons. The summed E-state index contributed by atoms with van der Waals surface area (Å²) < 4.78 is 34.6. The highest BCUT2D eigenvalue weighted by molar-refractivity contribution is 5.76. The first-order valence-electron chi connectivity index (χ1n) is 10.7. The van der Waals surface area contributed by atoms with Crippen molar-refractivity contribution in [3.63, 3.8) is 0 Å². The third-order valence-corrected chi connectivity index (χ3v) is 7.18. The molecule has 0 radical (unpaired) electrons. The maximum Gasteiger partial charge on any atom is 0.310 e. The van der Waals surface area contributed by atoms with Gasteiger partial charge in [0.15, 0.2) is 0 Å². The maximum absolute atomic E-state index is 12.6. The number of cyclic esters (lactones) is 2. The van der Waals surface area contributed by atoms with Gasteiger partial charge in [-0.3, -0.25) is 9.59 Å². The van der Waals surface area contributed by atoms with Gasteiger partial charge < -0.3 is 28.4 Å². The zero-order valence-corrected chi connectivity index (χ0v) is 17.4. The first-order chi connectivity index (χ1) is 14.4. The Labute approximate surface area is 175 Å². The Kier molecular flexibility index (Phi) is 4.82. The monoisotopic (exact) mass is 420 g/mol. The average molecular weight is 420 g/mol. The van der Waals surface area contributed by atoms with E-state index in [2.05, 4.69) is 0 Å². The normalized spacial score (nSPS) is 43.5. The topological polar surface area (TPSA) is 89.5 Å². The van der Waals surface area contributed by atoms with Gasteiger partial charge in [0, 0.05) is 0 Å². The second-order valence-corrected chi connectivity index (χ2v) is 9.07. The van der Waals surface area contributed by atoms with Gasteiger partial charge in [0.25, 0.3) is 0 Å². The Hall–Kier alpha value is -2.06. The molecule has 0 N–H and O–H groups in total. The molecule has 0 aromatic rings. The lowest BCUT2D eigenvalue weighted by molar-refractivity contribution is -0.204. The molecule has 0 aromatic heterocycles. The smallest absolute Gasteiger partial charge is 0.310 e. The summed E-state index contributed by atoms with van der Waals surface area (Å²) >= 11 is 0. The lowest BCUT2D eigenvalue weighted by Crippen LogP contribution is -2.60. The Morgan fingerprint density at radius 2 is 1.10 bits per heavy atom. The molecule has 8 nitrogen and oxygen atoms in total. The maximum atomic E-state index is 12.6. The Balaban J connectivity index is 1.33. The van der Waals surface area contributed by atoms with Crippen molar-refractivity contribution in [1.82, 2.24) is 0 Å². The van der Waals surface area contributed by atoms with Crippen LogP contribution in [-0.4, -0.2) is 62.8 Å². The first kappa shape index (κ1) is 19.9. The molecule has 0 aromatic carbocycles. The van der Waals surface area contributed by atoms with Crippen LogP contribution in [0.5, 0.6) is 0 Å². The average Bonchev–Trinajstić information content (AvgIpc) is 2.68. The number of hydrogen-bond donors (Lipinski definition) is 0. The number of carbonyl (C=O) groups excluding carboxylic acids is 2. The second kappa shape index (κ2) is 7.27. The van der Waals surface area contributed by atoms with Crippen LogP contribution in [0.2, 0.25) is 0 Å². The minimum absolute atomic E-state index is 0.0373. The highest BCUT2D eigenvalue weighted by Crippen LogP contribution is 2.54. The van der Waals surface area contributed by atoms with Crippen molar-refractivity contribution in [2.45, 2.75) is 37.9 Å². The van der Waals surface area contributed by atoms with Gasteiger partial charge in [-0.1, -0.05) is 0 Å². The highest BCUT2D eigenvalue weighted by atomic mass is 16.6. The van der Waals surface area contributed by atoms with Crippen molar-refractivity contribution in [3.05, 3.63) is 23.7 Å². The summed E-state index contributed by atoms with van der Waals surface area (Å²) in [5.41, 5.74) is -0.840. The lowest BCUT2D eigenvalue weighted by atomic mass is 9.60. The minimum atomic E-state index is -0.420. The summed E-state index contributed by atoms with van der Waals surface area (Å²) in [4.78, 5) is 25.2. The van der Waals surface area contributed by atoms with Crippen LogP contribution in [0, 0.1) is 23.7 Å². The van der Waals surface area contributed by atoms with E-state index in [1.54, 1.807) is 0 Å². The van der Waals surface area contributed by atoms with Crippen molar-refractivity contribution < 1.29 is 38.0 Å². The molecule has 2 aliphatic carbocycles. The van der Waals surface area contributed by atoms with E-state index in [1.165, 1.54) is 0 Å². The van der Waals surface area contributed by atoms with Gasteiger partial charge in [-0.05, 0) is 38.8 Å². The van der Waals surface area contributed by atoms with Crippen LogP contribution < -0.4 is 0 Å². The van der Waals surface area contributed by atoms with E-state index in [9.17, 15) is 9.59 Å². The second-order valence-electron chi connectivity index (χ2n) is 9.07. The fraction of sp³-hybridized carbons (Fsp3) is 0.727. The predicted molar refractivity (Wildman–Crippen MR) is 102 cm³/mol. The fourth-order valence-corrected chi connectivity index (χ4v) is 5.63. The lowest BCUT2D eigenvalue weighted by Gasteiger charge is -2.54. The predicted octanol–water partition coefficient (Wildman–Crippen LogP) is 1.74. The molecule has 0 amide bonds. The van der Waals surface area contributed by atoms with Crippen molar-refractivity contribution in [1.29, 1.82) is 0 Å². The SMILES string of the molecule is CC12CC3C(=O)OCCOC(=O)C4CC5(C)OCC=C(OCCOC(=CCO1)C32)C45. The standard InChI is InChI=1S/C22H28O8/c1-21-11-13-17(21)15(3-5-29-21)25-7-8-26-16-4-6-30-22(2)12-14(18(16)22)20(24)28-10-9-27-19(13)23/h3-4,13-14,17-18H,5-12H2,1-2H3. The van der Waals surface area contributed by atoms with E-state index >= 15 is 0 Å². The van der Waals surface area contributed by atoms with Crippen LogP contribution in [0.15, 0.2) is 23.7 Å². The van der Waals surface area contributed by atoms with Gasteiger partial charge in [0.1, 0.15) is 37.9 Å². The third kappa shape index (κ3) is 3.12. The molecule has 0 spiro atoms. The van der Waals surface area contributed by atoms with Gasteiger partial charge in [-0.2, -0.15) is 0 Å². The quantitative estimate of drug-likeness (QED) is 0.548. The van der Waals surface area contributed by atoms with E-state index in [1.807, 2.05) is 26.0 Å². The van der Waals surface area contributed by atoms with Gasteiger partial charge >= 0.3 is 11.9 Å². The zero-order chi connectivity index (χ0) is 20.9. The van der Waals surface area contributed by atoms with Crippen LogP contribution in [-0.2, 0) is 38.0 Å². The summed E-state index contributed by atoms with van der Waals surface area (Å²) in [7, 11) is 0. The van der Waals surface area contributed by atoms with E-state index in [0.717, 1.165) is 11.5 Å². The van der Waals surface area contributed by atoms with Gasteiger partial charge in [0.2, 0.25) is 0 Å². The van der Waals surface area contributed by atoms with Crippen molar-refractivity contribution in [2.24, 2.45) is 23.7 Å².